The topological polar surface area (TPSA) is 41.8 Å². The van der Waals surface area contributed by atoms with Gasteiger partial charge in [0.25, 0.3) is 0 Å². The first-order chi connectivity index (χ1) is 8.09. The fourth-order valence-corrected chi connectivity index (χ4v) is 2.50. The summed E-state index contributed by atoms with van der Waals surface area (Å²) in [6.07, 6.45) is 4.03. The molecule has 90 valence electrons. The molecule has 0 unspecified atom stereocenters. The maximum Gasteiger partial charge on any atom is 0.132 e. The molecule has 0 aliphatic heterocycles. The van der Waals surface area contributed by atoms with Gasteiger partial charge in [0.1, 0.15) is 5.82 Å². The van der Waals surface area contributed by atoms with Crippen molar-refractivity contribution in [3.05, 3.63) is 35.3 Å². The molecular weight excluding hydrogens is 215 g/mol. The summed E-state index contributed by atoms with van der Waals surface area (Å²) in [6.45, 7) is 2.00. The minimum Gasteiger partial charge on any atom is -0.358 e. The van der Waals surface area contributed by atoms with Crippen LogP contribution in [0.1, 0.15) is 30.5 Å². The van der Waals surface area contributed by atoms with Gasteiger partial charge >= 0.3 is 0 Å². The van der Waals surface area contributed by atoms with Crippen molar-refractivity contribution in [1.82, 2.24) is 4.98 Å². The van der Waals surface area contributed by atoms with Crippen molar-refractivity contribution in [1.29, 1.82) is 0 Å². The summed E-state index contributed by atoms with van der Waals surface area (Å²) < 4.78 is 13.8. The van der Waals surface area contributed by atoms with Gasteiger partial charge in [0.2, 0.25) is 0 Å². The predicted octanol–water partition coefficient (Wildman–Crippen LogP) is 3.04. The number of aryl methyl sites for hydroxylation is 2. The first kappa shape index (κ1) is 10.8. The molecule has 0 amide bonds. The zero-order valence-electron chi connectivity index (χ0n) is 10.0. The summed E-state index contributed by atoms with van der Waals surface area (Å²) in [5, 5.41) is 0.745. The third kappa shape index (κ3) is 1.84. The van der Waals surface area contributed by atoms with Crippen LogP contribution >= 0.6 is 0 Å². The van der Waals surface area contributed by atoms with Gasteiger partial charge in [-0.3, -0.25) is 0 Å². The summed E-state index contributed by atoms with van der Waals surface area (Å²) in [5.74, 6) is -0.135. The Balaban J connectivity index is 1.99. The van der Waals surface area contributed by atoms with E-state index in [2.05, 4.69) is 4.98 Å². The SMILES string of the molecule is Cc1[nH]c2cccc(F)c2c1CCC1(N)CC1. The first-order valence-electron chi connectivity index (χ1n) is 6.14. The summed E-state index contributed by atoms with van der Waals surface area (Å²) in [7, 11) is 0. The molecule has 1 aliphatic carbocycles. The number of nitrogens with two attached hydrogens (primary N) is 1. The van der Waals surface area contributed by atoms with E-state index in [9.17, 15) is 4.39 Å². The second-order valence-electron chi connectivity index (χ2n) is 5.25. The van der Waals surface area contributed by atoms with Crippen molar-refractivity contribution in [2.75, 3.05) is 0 Å². The van der Waals surface area contributed by atoms with Gasteiger partial charge in [0.15, 0.2) is 0 Å². The number of hydrogen-bond donors (Lipinski definition) is 2. The Kier molecular flexibility index (Phi) is 2.26. The second-order valence-corrected chi connectivity index (χ2v) is 5.25. The van der Waals surface area contributed by atoms with Crippen molar-refractivity contribution >= 4 is 10.9 Å². The molecule has 0 spiro atoms. The average Bonchev–Trinajstić information content (AvgIpc) is 2.91. The van der Waals surface area contributed by atoms with Crippen LogP contribution in [0.5, 0.6) is 0 Å². The number of halogens is 1. The number of fused-ring (bicyclic) bond motifs is 1. The predicted molar refractivity (Wildman–Crippen MR) is 67.5 cm³/mol. The number of nitrogens with one attached hydrogen (secondary N) is 1. The minimum atomic E-state index is -0.135. The van der Waals surface area contributed by atoms with E-state index in [1.165, 1.54) is 6.07 Å². The van der Waals surface area contributed by atoms with Gasteiger partial charge < -0.3 is 10.7 Å². The molecule has 1 aliphatic rings. The number of benzene rings is 1. The van der Waals surface area contributed by atoms with Gasteiger partial charge in [-0.2, -0.15) is 0 Å². The van der Waals surface area contributed by atoms with Crippen LogP contribution < -0.4 is 5.73 Å². The largest absolute Gasteiger partial charge is 0.358 e. The van der Waals surface area contributed by atoms with E-state index in [1.54, 1.807) is 6.07 Å². The number of H-pyrrole nitrogens is 1. The molecule has 3 N–H and O–H groups in total. The van der Waals surface area contributed by atoms with Crippen LogP contribution in [0.4, 0.5) is 4.39 Å². The minimum absolute atomic E-state index is 0.0291. The van der Waals surface area contributed by atoms with Crippen LogP contribution in [0.25, 0.3) is 10.9 Å². The average molecular weight is 232 g/mol. The molecule has 1 aromatic heterocycles. The van der Waals surface area contributed by atoms with Gasteiger partial charge in [0, 0.05) is 22.1 Å². The molecule has 1 saturated carbocycles. The van der Waals surface area contributed by atoms with E-state index < -0.39 is 0 Å². The molecule has 17 heavy (non-hydrogen) atoms. The third-order valence-electron chi connectivity index (χ3n) is 3.86. The van der Waals surface area contributed by atoms with Crippen LogP contribution in [0, 0.1) is 12.7 Å². The fourth-order valence-electron chi connectivity index (χ4n) is 2.50. The molecule has 1 fully saturated rings. The lowest BCUT2D eigenvalue weighted by Crippen LogP contribution is -2.22. The Morgan fingerprint density at radius 3 is 2.88 bits per heavy atom. The highest BCUT2D eigenvalue weighted by atomic mass is 19.1. The Labute approximate surface area is 100 Å². The van der Waals surface area contributed by atoms with Crippen molar-refractivity contribution in [2.45, 2.75) is 38.1 Å². The number of aromatic amines is 1. The zero-order valence-corrected chi connectivity index (χ0v) is 10.0. The second kappa shape index (κ2) is 3.57. The lowest BCUT2D eigenvalue weighted by molar-refractivity contribution is 0.606. The Bertz CT molecular complexity index is 567. The van der Waals surface area contributed by atoms with E-state index >= 15 is 0 Å². The van der Waals surface area contributed by atoms with Crippen LogP contribution in [-0.4, -0.2) is 10.5 Å². The molecule has 2 aromatic rings. The maximum atomic E-state index is 13.8. The van der Waals surface area contributed by atoms with E-state index in [0.29, 0.717) is 0 Å². The van der Waals surface area contributed by atoms with Gasteiger partial charge in [-0.25, -0.2) is 4.39 Å². The highest BCUT2D eigenvalue weighted by molar-refractivity contribution is 5.85. The molecule has 3 heteroatoms. The van der Waals surface area contributed by atoms with Crippen molar-refractivity contribution in [3.8, 4) is 0 Å². The van der Waals surface area contributed by atoms with Crippen LogP contribution in [0.2, 0.25) is 0 Å². The van der Waals surface area contributed by atoms with Crippen molar-refractivity contribution in [3.63, 3.8) is 0 Å². The Hall–Kier alpha value is -1.35. The lowest BCUT2D eigenvalue weighted by atomic mass is 10.0. The molecular formula is C14H17FN2. The molecule has 1 heterocycles. The molecule has 0 saturated heterocycles. The normalized spacial score (nSPS) is 17.6. The van der Waals surface area contributed by atoms with Gasteiger partial charge in [-0.05, 0) is 50.3 Å². The van der Waals surface area contributed by atoms with Crippen LogP contribution in [-0.2, 0) is 6.42 Å². The quantitative estimate of drug-likeness (QED) is 0.839. The lowest BCUT2D eigenvalue weighted by Gasteiger charge is -2.08. The summed E-state index contributed by atoms with van der Waals surface area (Å²) in [6, 6.07) is 5.18. The standard InChI is InChI=1S/C14H17FN2/c1-9-10(5-6-14(16)7-8-14)13-11(15)3-2-4-12(13)17-9/h2-4,17H,5-8,16H2,1H3. The van der Waals surface area contributed by atoms with Crippen LogP contribution in [0.3, 0.4) is 0 Å². The van der Waals surface area contributed by atoms with Gasteiger partial charge in [-0.1, -0.05) is 6.07 Å². The monoisotopic (exact) mass is 232 g/mol. The Morgan fingerprint density at radius 2 is 2.18 bits per heavy atom. The highest BCUT2D eigenvalue weighted by Gasteiger charge is 2.37. The van der Waals surface area contributed by atoms with E-state index in [0.717, 1.165) is 47.8 Å². The van der Waals surface area contributed by atoms with Gasteiger partial charge in [0.05, 0.1) is 0 Å². The molecule has 1 aromatic carbocycles. The van der Waals surface area contributed by atoms with E-state index in [1.807, 2.05) is 13.0 Å². The smallest absolute Gasteiger partial charge is 0.132 e. The van der Waals surface area contributed by atoms with E-state index in [4.69, 9.17) is 5.73 Å². The molecule has 3 rings (SSSR count). The number of rotatable bonds is 3. The summed E-state index contributed by atoms with van der Waals surface area (Å²) in [4.78, 5) is 3.24. The zero-order chi connectivity index (χ0) is 12.0. The van der Waals surface area contributed by atoms with E-state index in [-0.39, 0.29) is 11.4 Å². The molecule has 0 atom stereocenters. The first-order valence-corrected chi connectivity index (χ1v) is 6.14. The summed E-state index contributed by atoms with van der Waals surface area (Å²) >= 11 is 0. The fraction of sp³-hybridized carbons (Fsp3) is 0.429. The molecule has 0 bridgehead atoms. The number of hydrogen-bond acceptors (Lipinski definition) is 1. The molecule has 2 nitrogen and oxygen atoms in total. The summed E-state index contributed by atoms with van der Waals surface area (Å²) in [5.41, 5.74) is 9.17. The third-order valence-corrected chi connectivity index (χ3v) is 3.86. The van der Waals surface area contributed by atoms with Crippen molar-refractivity contribution < 1.29 is 4.39 Å². The molecule has 0 radical (unpaired) electrons. The maximum absolute atomic E-state index is 13.8. The Morgan fingerprint density at radius 1 is 1.41 bits per heavy atom. The highest BCUT2D eigenvalue weighted by Crippen LogP contribution is 2.38. The van der Waals surface area contributed by atoms with Gasteiger partial charge in [-0.15, -0.1) is 0 Å². The van der Waals surface area contributed by atoms with Crippen LogP contribution in [0.15, 0.2) is 18.2 Å². The number of aromatic nitrogens is 1. The van der Waals surface area contributed by atoms with Crippen molar-refractivity contribution in [2.24, 2.45) is 5.73 Å².